The summed E-state index contributed by atoms with van der Waals surface area (Å²) in [6.45, 7) is 2.91. The van der Waals surface area contributed by atoms with E-state index in [1.54, 1.807) is 19.6 Å². The molecule has 0 radical (unpaired) electrons. The molecule has 0 aliphatic carbocycles. The zero-order valence-corrected chi connectivity index (χ0v) is 13.0. The van der Waals surface area contributed by atoms with Gasteiger partial charge in [-0.05, 0) is 37.2 Å². The van der Waals surface area contributed by atoms with Gasteiger partial charge >= 0.3 is 0 Å². The molecule has 1 heterocycles. The molecule has 0 spiro atoms. The van der Waals surface area contributed by atoms with Crippen LogP contribution in [-0.2, 0) is 6.54 Å². The van der Waals surface area contributed by atoms with Crippen LogP contribution >= 0.6 is 0 Å². The van der Waals surface area contributed by atoms with Crippen LogP contribution in [0.5, 0.6) is 5.75 Å². The van der Waals surface area contributed by atoms with Crippen molar-refractivity contribution in [3.8, 4) is 5.75 Å². The second-order valence-corrected chi connectivity index (χ2v) is 5.34. The van der Waals surface area contributed by atoms with E-state index in [0.29, 0.717) is 0 Å². The number of hydrogen-bond acceptors (Lipinski definition) is 4. The monoisotopic (exact) mass is 288 g/mol. The van der Waals surface area contributed by atoms with Gasteiger partial charge in [0, 0.05) is 18.2 Å². The molecule has 0 bridgehead atoms. The molecule has 0 saturated carbocycles. The average molecular weight is 288 g/mol. The first kappa shape index (κ1) is 15.6. The number of furan rings is 1. The summed E-state index contributed by atoms with van der Waals surface area (Å²) >= 11 is 0. The minimum atomic E-state index is 0.0639. The average Bonchev–Trinajstić information content (AvgIpc) is 3.00. The molecule has 1 aromatic heterocycles. The Kier molecular flexibility index (Phi) is 5.42. The molecule has 0 aliphatic heterocycles. The fourth-order valence-corrected chi connectivity index (χ4v) is 2.65. The topological polar surface area (TPSA) is 51.6 Å². The van der Waals surface area contributed by atoms with Crippen LogP contribution in [0.4, 0.5) is 0 Å². The third kappa shape index (κ3) is 3.86. The Morgan fingerprint density at radius 1 is 1.33 bits per heavy atom. The second kappa shape index (κ2) is 7.29. The van der Waals surface area contributed by atoms with Crippen molar-refractivity contribution in [3.05, 3.63) is 54.0 Å². The van der Waals surface area contributed by atoms with Crippen molar-refractivity contribution >= 4 is 0 Å². The number of nitrogens with two attached hydrogens (primary N) is 1. The van der Waals surface area contributed by atoms with Gasteiger partial charge < -0.3 is 14.9 Å². The maximum atomic E-state index is 6.36. The molecule has 2 unspecified atom stereocenters. The Morgan fingerprint density at radius 2 is 2.14 bits per heavy atom. The molecule has 0 saturated heterocycles. The summed E-state index contributed by atoms with van der Waals surface area (Å²) in [7, 11) is 3.77. The molecule has 1 aromatic carbocycles. The summed E-state index contributed by atoms with van der Waals surface area (Å²) in [5.74, 6) is 0.859. The number of hydrogen-bond donors (Lipinski definition) is 1. The number of methoxy groups -OCH3 is 1. The Labute approximate surface area is 126 Å². The van der Waals surface area contributed by atoms with Crippen LogP contribution in [-0.4, -0.2) is 25.1 Å². The summed E-state index contributed by atoms with van der Waals surface area (Å²) in [6, 6.07) is 10.3. The summed E-state index contributed by atoms with van der Waals surface area (Å²) in [6.07, 6.45) is 4.39. The van der Waals surface area contributed by atoms with E-state index < -0.39 is 0 Å². The molecule has 0 amide bonds. The molecular weight excluding hydrogens is 264 g/mol. The molecule has 4 heteroatoms. The van der Waals surface area contributed by atoms with E-state index in [1.807, 2.05) is 18.2 Å². The van der Waals surface area contributed by atoms with E-state index in [-0.39, 0.29) is 12.1 Å². The van der Waals surface area contributed by atoms with Crippen LogP contribution in [0.25, 0.3) is 0 Å². The third-order valence-corrected chi connectivity index (χ3v) is 3.80. The van der Waals surface area contributed by atoms with Gasteiger partial charge in [0.25, 0.3) is 0 Å². The minimum Gasteiger partial charge on any atom is -0.497 e. The van der Waals surface area contributed by atoms with E-state index in [2.05, 4.69) is 31.0 Å². The smallest absolute Gasteiger partial charge is 0.119 e. The van der Waals surface area contributed by atoms with Gasteiger partial charge in [-0.25, -0.2) is 0 Å². The summed E-state index contributed by atoms with van der Waals surface area (Å²) in [5.41, 5.74) is 8.69. The highest BCUT2D eigenvalue weighted by atomic mass is 16.5. The lowest BCUT2D eigenvalue weighted by Gasteiger charge is -2.32. The summed E-state index contributed by atoms with van der Waals surface area (Å²) < 4.78 is 10.5. The number of likely N-dealkylation sites (N-methyl/N-ethyl adjacent to an activating group) is 1. The SMILES string of the molecule is CCC(N)C(c1cccc(OC)c1)N(C)Cc1ccoc1. The zero-order valence-electron chi connectivity index (χ0n) is 13.0. The molecule has 2 rings (SSSR count). The Bertz CT molecular complexity index is 539. The van der Waals surface area contributed by atoms with Crippen molar-refractivity contribution in [3.63, 3.8) is 0 Å². The predicted molar refractivity (Wildman–Crippen MR) is 84.2 cm³/mol. The van der Waals surface area contributed by atoms with Gasteiger partial charge in [-0.3, -0.25) is 4.90 Å². The van der Waals surface area contributed by atoms with Crippen molar-refractivity contribution in [2.45, 2.75) is 32.0 Å². The summed E-state index contributed by atoms with van der Waals surface area (Å²) in [5, 5.41) is 0. The molecular formula is C17H24N2O2. The molecule has 21 heavy (non-hydrogen) atoms. The van der Waals surface area contributed by atoms with Crippen molar-refractivity contribution in [1.82, 2.24) is 4.90 Å². The van der Waals surface area contributed by atoms with E-state index in [0.717, 1.165) is 24.3 Å². The van der Waals surface area contributed by atoms with Gasteiger partial charge in [-0.15, -0.1) is 0 Å². The minimum absolute atomic E-state index is 0.0639. The van der Waals surface area contributed by atoms with E-state index in [1.165, 1.54) is 5.56 Å². The third-order valence-electron chi connectivity index (χ3n) is 3.80. The fourth-order valence-electron chi connectivity index (χ4n) is 2.65. The standard InChI is InChI=1S/C17H24N2O2/c1-4-16(18)17(14-6-5-7-15(10-14)20-3)19(2)11-13-8-9-21-12-13/h5-10,12,16-17H,4,11,18H2,1-3H3. The van der Waals surface area contributed by atoms with Crippen LogP contribution in [0, 0.1) is 0 Å². The first-order valence-electron chi connectivity index (χ1n) is 7.26. The van der Waals surface area contributed by atoms with Crippen LogP contribution in [0.3, 0.4) is 0 Å². The van der Waals surface area contributed by atoms with Crippen molar-refractivity contribution in [1.29, 1.82) is 0 Å². The van der Waals surface area contributed by atoms with Crippen LogP contribution < -0.4 is 10.5 Å². The second-order valence-electron chi connectivity index (χ2n) is 5.34. The Hall–Kier alpha value is -1.78. The van der Waals surface area contributed by atoms with Crippen LogP contribution in [0.2, 0.25) is 0 Å². The Balaban J connectivity index is 2.24. The first-order valence-corrected chi connectivity index (χ1v) is 7.26. The lowest BCUT2D eigenvalue weighted by atomic mass is 9.96. The summed E-state index contributed by atoms with van der Waals surface area (Å²) in [4.78, 5) is 2.26. The van der Waals surface area contributed by atoms with Gasteiger partial charge in [0.2, 0.25) is 0 Å². The van der Waals surface area contributed by atoms with E-state index in [9.17, 15) is 0 Å². The number of benzene rings is 1. The van der Waals surface area contributed by atoms with Crippen molar-refractivity contribution < 1.29 is 9.15 Å². The quantitative estimate of drug-likeness (QED) is 0.850. The van der Waals surface area contributed by atoms with Crippen molar-refractivity contribution in [2.75, 3.05) is 14.2 Å². The van der Waals surface area contributed by atoms with E-state index >= 15 is 0 Å². The largest absolute Gasteiger partial charge is 0.497 e. The highest BCUT2D eigenvalue weighted by Crippen LogP contribution is 2.28. The van der Waals surface area contributed by atoms with Gasteiger partial charge in [-0.1, -0.05) is 19.1 Å². The van der Waals surface area contributed by atoms with E-state index in [4.69, 9.17) is 14.9 Å². The molecule has 114 valence electrons. The number of ether oxygens (including phenoxy) is 1. The highest BCUT2D eigenvalue weighted by Gasteiger charge is 2.23. The van der Waals surface area contributed by atoms with Crippen LogP contribution in [0.1, 0.15) is 30.5 Å². The van der Waals surface area contributed by atoms with Gasteiger partial charge in [-0.2, -0.15) is 0 Å². The lowest BCUT2D eigenvalue weighted by Crippen LogP contribution is -2.38. The zero-order chi connectivity index (χ0) is 15.2. The van der Waals surface area contributed by atoms with Gasteiger partial charge in [0.05, 0.1) is 25.7 Å². The highest BCUT2D eigenvalue weighted by molar-refractivity contribution is 5.31. The fraction of sp³-hybridized carbons (Fsp3) is 0.412. The molecule has 0 aliphatic rings. The molecule has 4 nitrogen and oxygen atoms in total. The number of nitrogens with zero attached hydrogens (tertiary/aromatic N) is 1. The molecule has 0 fully saturated rings. The molecule has 2 N–H and O–H groups in total. The number of rotatable bonds is 7. The molecule has 2 aromatic rings. The van der Waals surface area contributed by atoms with Gasteiger partial charge in [0.15, 0.2) is 0 Å². The predicted octanol–water partition coefficient (Wildman–Crippen LogP) is 3.20. The van der Waals surface area contributed by atoms with Gasteiger partial charge in [0.1, 0.15) is 5.75 Å². The Morgan fingerprint density at radius 3 is 2.76 bits per heavy atom. The maximum Gasteiger partial charge on any atom is 0.119 e. The first-order chi connectivity index (χ1) is 10.2. The van der Waals surface area contributed by atoms with Crippen LogP contribution in [0.15, 0.2) is 47.3 Å². The maximum absolute atomic E-state index is 6.36. The van der Waals surface area contributed by atoms with Crippen molar-refractivity contribution in [2.24, 2.45) is 5.73 Å². The lowest BCUT2D eigenvalue weighted by molar-refractivity contribution is 0.201. The normalized spacial score (nSPS) is 14.1. The molecule has 2 atom stereocenters.